The highest BCUT2D eigenvalue weighted by Gasteiger charge is 2.46. The van der Waals surface area contributed by atoms with Crippen molar-refractivity contribution in [3.8, 4) is 0 Å². The van der Waals surface area contributed by atoms with Gasteiger partial charge in [-0.1, -0.05) is 27.7 Å². The highest BCUT2D eigenvalue weighted by Crippen LogP contribution is 2.52. The predicted molar refractivity (Wildman–Crippen MR) is 74.2 cm³/mol. The van der Waals surface area contributed by atoms with Crippen LogP contribution >= 0.6 is 0 Å². The minimum atomic E-state index is 0.623. The molecule has 17 heavy (non-hydrogen) atoms. The molecule has 1 N–H and O–H groups in total. The van der Waals surface area contributed by atoms with Crippen LogP contribution in [0.15, 0.2) is 0 Å². The van der Waals surface area contributed by atoms with Crippen LogP contribution < -0.4 is 5.32 Å². The van der Waals surface area contributed by atoms with Gasteiger partial charge in [-0.15, -0.1) is 0 Å². The number of hydrogen-bond acceptors (Lipinski definition) is 2. The first-order valence-electron chi connectivity index (χ1n) is 7.36. The quantitative estimate of drug-likeness (QED) is 0.810. The summed E-state index contributed by atoms with van der Waals surface area (Å²) in [7, 11) is 0. The summed E-state index contributed by atoms with van der Waals surface area (Å²) in [5, 5.41) is 3.70. The molecule has 3 unspecified atom stereocenters. The van der Waals surface area contributed by atoms with Crippen LogP contribution in [0.1, 0.15) is 47.5 Å². The Morgan fingerprint density at radius 3 is 2.53 bits per heavy atom. The smallest absolute Gasteiger partial charge is 0.0198 e. The third-order valence-electron chi connectivity index (χ3n) is 4.71. The van der Waals surface area contributed by atoms with E-state index in [1.54, 1.807) is 0 Å². The summed E-state index contributed by atoms with van der Waals surface area (Å²) in [4.78, 5) is 2.73. The van der Waals surface area contributed by atoms with Crippen molar-refractivity contribution in [3.63, 3.8) is 0 Å². The van der Waals surface area contributed by atoms with E-state index in [4.69, 9.17) is 0 Å². The van der Waals surface area contributed by atoms with E-state index in [0.717, 1.165) is 17.9 Å². The van der Waals surface area contributed by atoms with Crippen molar-refractivity contribution in [1.29, 1.82) is 0 Å². The summed E-state index contributed by atoms with van der Waals surface area (Å²) < 4.78 is 0. The molecule has 2 nitrogen and oxygen atoms in total. The average molecular weight is 238 g/mol. The van der Waals surface area contributed by atoms with E-state index in [1.165, 1.54) is 32.5 Å². The first kappa shape index (κ1) is 13.4. The van der Waals surface area contributed by atoms with Crippen LogP contribution in [0.25, 0.3) is 0 Å². The maximum atomic E-state index is 3.70. The van der Waals surface area contributed by atoms with Crippen LogP contribution in [0.3, 0.4) is 0 Å². The van der Waals surface area contributed by atoms with E-state index in [2.05, 4.69) is 44.8 Å². The molecule has 0 aromatic carbocycles. The monoisotopic (exact) mass is 238 g/mol. The summed E-state index contributed by atoms with van der Waals surface area (Å²) in [6.07, 6.45) is 2.75. The van der Waals surface area contributed by atoms with Crippen molar-refractivity contribution in [2.75, 3.05) is 19.6 Å². The summed E-state index contributed by atoms with van der Waals surface area (Å²) in [5.41, 5.74) is 0.623. The molecule has 1 heterocycles. The number of rotatable bonds is 4. The first-order valence-corrected chi connectivity index (χ1v) is 7.36. The Labute approximate surface area is 107 Å². The zero-order valence-corrected chi connectivity index (χ0v) is 12.3. The van der Waals surface area contributed by atoms with Crippen LogP contribution in [-0.4, -0.2) is 36.6 Å². The average Bonchev–Trinajstić information content (AvgIpc) is 2.79. The van der Waals surface area contributed by atoms with E-state index in [-0.39, 0.29) is 0 Å². The van der Waals surface area contributed by atoms with E-state index in [0.29, 0.717) is 11.5 Å². The van der Waals surface area contributed by atoms with E-state index in [9.17, 15) is 0 Å². The molecule has 1 aliphatic carbocycles. The molecule has 2 aliphatic rings. The molecule has 0 amide bonds. The molecule has 2 heteroatoms. The lowest BCUT2D eigenvalue weighted by molar-refractivity contribution is 0.122. The molecule has 2 fully saturated rings. The lowest BCUT2D eigenvalue weighted by Gasteiger charge is -2.39. The molecule has 1 aliphatic heterocycles. The van der Waals surface area contributed by atoms with Crippen molar-refractivity contribution < 1.29 is 0 Å². The molecule has 0 spiro atoms. The molecule has 1 saturated carbocycles. The molecule has 1 saturated heterocycles. The summed E-state index contributed by atoms with van der Waals surface area (Å²) in [5.74, 6) is 1.75. The second kappa shape index (κ2) is 4.89. The van der Waals surface area contributed by atoms with Gasteiger partial charge >= 0.3 is 0 Å². The minimum Gasteiger partial charge on any atom is -0.311 e. The molecule has 0 aromatic heterocycles. The van der Waals surface area contributed by atoms with Gasteiger partial charge < -0.3 is 5.32 Å². The van der Waals surface area contributed by atoms with Crippen molar-refractivity contribution >= 4 is 0 Å². The fourth-order valence-corrected chi connectivity index (χ4v) is 3.15. The van der Waals surface area contributed by atoms with Crippen molar-refractivity contribution in [2.45, 2.75) is 59.5 Å². The van der Waals surface area contributed by atoms with Crippen molar-refractivity contribution in [2.24, 2.45) is 17.3 Å². The largest absolute Gasteiger partial charge is 0.311 e. The van der Waals surface area contributed by atoms with E-state index >= 15 is 0 Å². The third kappa shape index (κ3) is 3.45. The van der Waals surface area contributed by atoms with Crippen LogP contribution in [0.5, 0.6) is 0 Å². The Kier molecular flexibility index (Phi) is 3.84. The van der Waals surface area contributed by atoms with Gasteiger partial charge in [-0.05, 0) is 37.0 Å². The van der Waals surface area contributed by atoms with E-state index < -0.39 is 0 Å². The van der Waals surface area contributed by atoms with Crippen LogP contribution in [0.2, 0.25) is 0 Å². The number of nitrogens with zero attached hydrogens (tertiary/aromatic N) is 1. The van der Waals surface area contributed by atoms with Crippen LogP contribution in [0.4, 0.5) is 0 Å². The van der Waals surface area contributed by atoms with Gasteiger partial charge in [0, 0.05) is 31.7 Å². The Balaban J connectivity index is 1.83. The number of nitrogens with one attached hydrogen (secondary N) is 1. The number of hydrogen-bond donors (Lipinski definition) is 1. The highest BCUT2D eigenvalue weighted by molar-refractivity contribution is 4.98. The molecule has 100 valence electrons. The van der Waals surface area contributed by atoms with Gasteiger partial charge in [-0.2, -0.15) is 0 Å². The van der Waals surface area contributed by atoms with Gasteiger partial charge in [0.2, 0.25) is 0 Å². The van der Waals surface area contributed by atoms with Crippen LogP contribution in [-0.2, 0) is 0 Å². The minimum absolute atomic E-state index is 0.623. The summed E-state index contributed by atoms with van der Waals surface area (Å²) in [6, 6.07) is 1.43. The summed E-state index contributed by atoms with van der Waals surface area (Å²) >= 11 is 0. The van der Waals surface area contributed by atoms with Gasteiger partial charge in [0.1, 0.15) is 0 Å². The Morgan fingerprint density at radius 2 is 2.00 bits per heavy atom. The zero-order chi connectivity index (χ0) is 12.6. The summed E-state index contributed by atoms with van der Waals surface area (Å²) in [6.45, 7) is 15.6. The lowest BCUT2D eigenvalue weighted by atomic mass is 9.99. The molecule has 2 rings (SSSR count). The Bertz CT molecular complexity index is 260. The van der Waals surface area contributed by atoms with Gasteiger partial charge in [-0.25, -0.2) is 0 Å². The van der Waals surface area contributed by atoms with Gasteiger partial charge in [0.25, 0.3) is 0 Å². The fraction of sp³-hybridized carbons (Fsp3) is 1.00. The normalized spacial score (nSPS) is 37.4. The van der Waals surface area contributed by atoms with Crippen molar-refractivity contribution in [1.82, 2.24) is 10.2 Å². The first-order chi connectivity index (χ1) is 7.88. The third-order valence-corrected chi connectivity index (χ3v) is 4.71. The van der Waals surface area contributed by atoms with Gasteiger partial charge in [0.05, 0.1) is 0 Å². The number of piperazine rings is 1. The molecule has 0 radical (unpaired) electrons. The molecule has 3 atom stereocenters. The predicted octanol–water partition coefficient (Wildman–Crippen LogP) is 2.74. The second-order valence-corrected chi connectivity index (χ2v) is 7.43. The second-order valence-electron chi connectivity index (χ2n) is 7.43. The fourth-order valence-electron chi connectivity index (χ4n) is 3.15. The molecule has 0 aromatic rings. The molecular weight excluding hydrogens is 208 g/mol. The molecule has 0 bridgehead atoms. The topological polar surface area (TPSA) is 15.3 Å². The Hall–Kier alpha value is -0.0800. The Morgan fingerprint density at radius 1 is 1.35 bits per heavy atom. The van der Waals surface area contributed by atoms with Crippen molar-refractivity contribution in [3.05, 3.63) is 0 Å². The maximum Gasteiger partial charge on any atom is 0.0198 e. The molecular formula is C15H30N2. The van der Waals surface area contributed by atoms with Gasteiger partial charge in [-0.3, -0.25) is 4.90 Å². The highest BCUT2D eigenvalue weighted by atomic mass is 15.2. The van der Waals surface area contributed by atoms with Crippen LogP contribution in [0, 0.1) is 17.3 Å². The van der Waals surface area contributed by atoms with Gasteiger partial charge in [0.15, 0.2) is 0 Å². The van der Waals surface area contributed by atoms with E-state index in [1.807, 2.05) is 0 Å². The SMILES string of the molecule is CC(C)CC1CN(CC2CC2(C)C)C(C)CN1. The zero-order valence-electron chi connectivity index (χ0n) is 12.3. The maximum absolute atomic E-state index is 3.70. The lowest BCUT2D eigenvalue weighted by Crippen LogP contribution is -2.56. The standard InChI is InChI=1S/C15H30N2/c1-11(2)6-14-10-17(12(3)8-16-14)9-13-7-15(13,4)5/h11-14,16H,6-10H2,1-5H3.